The summed E-state index contributed by atoms with van der Waals surface area (Å²) in [5, 5.41) is 8.72. The molecule has 1 heterocycles. The van der Waals surface area contributed by atoms with Crippen molar-refractivity contribution in [2.75, 3.05) is 22.8 Å². The molecule has 8 nitrogen and oxygen atoms in total. The molecule has 3 N–H and O–H groups in total. The second-order valence-corrected chi connectivity index (χ2v) is 8.14. The summed E-state index contributed by atoms with van der Waals surface area (Å²) in [6, 6.07) is 22.6. The van der Waals surface area contributed by atoms with Crippen molar-refractivity contribution in [3.8, 4) is 17.0 Å². The molecule has 0 saturated carbocycles. The Morgan fingerprint density at radius 3 is 2.24 bits per heavy atom. The van der Waals surface area contributed by atoms with E-state index in [1.807, 2.05) is 42.6 Å². The number of anilines is 3. The van der Waals surface area contributed by atoms with Crippen LogP contribution in [0.3, 0.4) is 0 Å². The second kappa shape index (κ2) is 10.5. The normalized spacial score (nSPS) is 10.3. The van der Waals surface area contributed by atoms with Gasteiger partial charge in [-0.1, -0.05) is 48.0 Å². The Hall–Kier alpha value is -4.37. The highest BCUT2D eigenvalue weighted by atomic mass is 32.1. The third-order valence-corrected chi connectivity index (χ3v) is 5.65. The zero-order valence-corrected chi connectivity index (χ0v) is 19.4. The minimum atomic E-state index is -0.580. The smallest absolute Gasteiger partial charge is 0.347 e. The molecule has 34 heavy (non-hydrogen) atoms. The van der Waals surface area contributed by atoms with Crippen molar-refractivity contribution in [3.63, 3.8) is 0 Å². The first-order valence-corrected chi connectivity index (χ1v) is 11.3. The summed E-state index contributed by atoms with van der Waals surface area (Å²) in [5.74, 6) is 0.665. The van der Waals surface area contributed by atoms with Gasteiger partial charge in [0.25, 0.3) is 0 Å². The maximum atomic E-state index is 13.2. The zero-order valence-electron chi connectivity index (χ0n) is 18.6. The van der Waals surface area contributed by atoms with E-state index in [1.165, 1.54) is 11.3 Å². The molecule has 0 aliphatic heterocycles. The zero-order chi connectivity index (χ0) is 23.9. The first kappa shape index (κ1) is 22.8. The number of nitrogens with one attached hydrogen (secondary N) is 3. The molecule has 4 rings (SSSR count). The summed E-state index contributed by atoms with van der Waals surface area (Å²) in [5.41, 5.74) is 6.48. The van der Waals surface area contributed by atoms with Crippen LogP contribution in [0.25, 0.3) is 11.3 Å². The standard InChI is InChI=1S/C25H23N5O3S/c1-17-8-10-18(11-9-17)22-16-34-25(28-22)30(29-23(31)26-19-6-4-3-5-7-19)24(32)27-20-12-14-21(33-2)15-13-20/h3-16H,1-2H3,(H,27,32)(H2,26,29,31). The second-order valence-electron chi connectivity index (χ2n) is 7.31. The van der Waals surface area contributed by atoms with Gasteiger partial charge in [-0.3, -0.25) is 0 Å². The van der Waals surface area contributed by atoms with Crippen LogP contribution in [0.4, 0.5) is 26.1 Å². The van der Waals surface area contributed by atoms with Gasteiger partial charge >= 0.3 is 12.1 Å². The summed E-state index contributed by atoms with van der Waals surface area (Å²) in [6.07, 6.45) is 0. The molecule has 0 fully saturated rings. The number of hydrogen-bond acceptors (Lipinski definition) is 5. The summed E-state index contributed by atoms with van der Waals surface area (Å²) in [7, 11) is 1.57. The highest BCUT2D eigenvalue weighted by Gasteiger charge is 2.22. The molecule has 4 aromatic rings. The van der Waals surface area contributed by atoms with E-state index >= 15 is 0 Å². The van der Waals surface area contributed by atoms with Crippen LogP contribution < -0.4 is 25.8 Å². The average Bonchev–Trinajstić information content (AvgIpc) is 3.34. The highest BCUT2D eigenvalue weighted by molar-refractivity contribution is 7.14. The van der Waals surface area contributed by atoms with E-state index in [1.54, 1.807) is 55.6 Å². The molecular weight excluding hydrogens is 450 g/mol. The van der Waals surface area contributed by atoms with E-state index in [2.05, 4.69) is 21.0 Å². The number of hydrazine groups is 1. The molecule has 3 aromatic carbocycles. The summed E-state index contributed by atoms with van der Waals surface area (Å²) in [4.78, 5) is 30.4. The van der Waals surface area contributed by atoms with E-state index in [4.69, 9.17) is 4.74 Å². The number of methoxy groups -OCH3 is 1. The van der Waals surface area contributed by atoms with E-state index in [0.717, 1.165) is 16.1 Å². The monoisotopic (exact) mass is 473 g/mol. The molecule has 172 valence electrons. The van der Waals surface area contributed by atoms with Gasteiger partial charge in [0.15, 0.2) is 0 Å². The van der Waals surface area contributed by atoms with Gasteiger partial charge in [0.05, 0.1) is 12.8 Å². The van der Waals surface area contributed by atoms with Gasteiger partial charge in [0.2, 0.25) is 5.13 Å². The van der Waals surface area contributed by atoms with Gasteiger partial charge in [-0.15, -0.1) is 11.3 Å². The van der Waals surface area contributed by atoms with Crippen LogP contribution in [0, 0.1) is 6.92 Å². The highest BCUT2D eigenvalue weighted by Crippen LogP contribution is 2.28. The molecule has 0 spiro atoms. The summed E-state index contributed by atoms with van der Waals surface area (Å²) in [6.45, 7) is 2.01. The number of carbonyl (C=O) groups is 2. The van der Waals surface area contributed by atoms with Crippen LogP contribution in [-0.4, -0.2) is 24.2 Å². The molecule has 0 saturated heterocycles. The van der Waals surface area contributed by atoms with E-state index in [0.29, 0.717) is 27.9 Å². The minimum absolute atomic E-state index is 0.310. The fourth-order valence-corrected chi connectivity index (χ4v) is 3.84. The number of rotatable bonds is 5. The van der Waals surface area contributed by atoms with Crippen LogP contribution in [0.15, 0.2) is 84.2 Å². The molecule has 0 radical (unpaired) electrons. The van der Waals surface area contributed by atoms with Crippen molar-refractivity contribution in [1.82, 2.24) is 10.4 Å². The number of para-hydroxylation sites is 1. The summed E-state index contributed by atoms with van der Waals surface area (Å²) < 4.78 is 5.16. The molecule has 0 aliphatic carbocycles. The van der Waals surface area contributed by atoms with Crippen molar-refractivity contribution in [2.24, 2.45) is 0 Å². The lowest BCUT2D eigenvalue weighted by Gasteiger charge is -2.21. The summed E-state index contributed by atoms with van der Waals surface area (Å²) >= 11 is 1.24. The molecular formula is C25H23N5O3S. The van der Waals surface area contributed by atoms with E-state index in [-0.39, 0.29) is 0 Å². The lowest BCUT2D eigenvalue weighted by atomic mass is 10.1. The minimum Gasteiger partial charge on any atom is -0.497 e. The van der Waals surface area contributed by atoms with Gasteiger partial charge in [-0.05, 0) is 43.3 Å². The molecule has 0 unspecified atom stereocenters. The third kappa shape index (κ3) is 5.70. The molecule has 0 bridgehead atoms. The number of carbonyl (C=O) groups excluding carboxylic acids is 2. The number of thiazole rings is 1. The van der Waals surface area contributed by atoms with Crippen LogP contribution in [0.2, 0.25) is 0 Å². The number of ether oxygens (including phenoxy) is 1. The van der Waals surface area contributed by atoms with Gasteiger partial charge in [-0.2, -0.15) is 5.01 Å². The fraction of sp³-hybridized carbons (Fsp3) is 0.0800. The molecule has 4 amide bonds. The first-order chi connectivity index (χ1) is 16.5. The van der Waals surface area contributed by atoms with Gasteiger partial charge < -0.3 is 15.4 Å². The largest absolute Gasteiger partial charge is 0.497 e. The lowest BCUT2D eigenvalue weighted by Crippen LogP contribution is -2.50. The van der Waals surface area contributed by atoms with Crippen LogP contribution in [0.1, 0.15) is 5.56 Å². The quantitative estimate of drug-likeness (QED) is 0.314. The Morgan fingerprint density at radius 2 is 1.56 bits per heavy atom. The number of aryl methyl sites for hydroxylation is 1. The van der Waals surface area contributed by atoms with Crippen molar-refractivity contribution < 1.29 is 14.3 Å². The van der Waals surface area contributed by atoms with Gasteiger partial charge in [-0.25, -0.2) is 20.0 Å². The first-order valence-electron chi connectivity index (χ1n) is 10.4. The van der Waals surface area contributed by atoms with Crippen molar-refractivity contribution in [1.29, 1.82) is 0 Å². The average molecular weight is 474 g/mol. The SMILES string of the molecule is COc1ccc(NC(=O)N(NC(=O)Nc2ccccc2)c2nc(-c3ccc(C)cc3)cs2)cc1. The Labute approximate surface area is 201 Å². The Kier molecular flexibility index (Phi) is 7.04. The van der Waals surface area contributed by atoms with Crippen LogP contribution >= 0.6 is 11.3 Å². The number of amides is 4. The van der Waals surface area contributed by atoms with Crippen LogP contribution in [-0.2, 0) is 0 Å². The molecule has 1 aromatic heterocycles. The maximum Gasteiger partial charge on any atom is 0.347 e. The fourth-order valence-electron chi connectivity index (χ4n) is 3.05. The van der Waals surface area contributed by atoms with Gasteiger partial charge in [0.1, 0.15) is 5.75 Å². The molecule has 0 atom stereocenters. The topological polar surface area (TPSA) is 95.6 Å². The van der Waals surface area contributed by atoms with E-state index < -0.39 is 12.1 Å². The van der Waals surface area contributed by atoms with E-state index in [9.17, 15) is 9.59 Å². The van der Waals surface area contributed by atoms with Crippen molar-refractivity contribution in [3.05, 3.63) is 89.8 Å². The third-order valence-electron chi connectivity index (χ3n) is 4.82. The molecule has 0 aliphatic rings. The Bertz CT molecular complexity index is 1260. The van der Waals surface area contributed by atoms with Crippen molar-refractivity contribution in [2.45, 2.75) is 6.92 Å². The van der Waals surface area contributed by atoms with Crippen LogP contribution in [0.5, 0.6) is 5.75 Å². The Morgan fingerprint density at radius 1 is 0.882 bits per heavy atom. The number of hydrogen-bond donors (Lipinski definition) is 3. The predicted octanol–water partition coefficient (Wildman–Crippen LogP) is 5.90. The predicted molar refractivity (Wildman–Crippen MR) is 135 cm³/mol. The number of benzene rings is 3. The lowest BCUT2D eigenvalue weighted by molar-refractivity contribution is 0.243. The Balaban J connectivity index is 1.57. The maximum absolute atomic E-state index is 13.2. The molecule has 9 heteroatoms. The number of urea groups is 2. The number of nitrogens with zero attached hydrogens (tertiary/aromatic N) is 2. The number of aromatic nitrogens is 1. The van der Waals surface area contributed by atoms with Gasteiger partial charge in [0, 0.05) is 22.3 Å². The van der Waals surface area contributed by atoms with Crippen molar-refractivity contribution >= 4 is 39.9 Å².